The molecule has 0 bridgehead atoms. The zero-order valence-electron chi connectivity index (χ0n) is 14.4. The van der Waals surface area contributed by atoms with Crippen LogP contribution >= 0.6 is 0 Å². The highest BCUT2D eigenvalue weighted by atomic mass is 19.1. The maximum Gasteiger partial charge on any atom is 0.201 e. The van der Waals surface area contributed by atoms with Crippen molar-refractivity contribution in [2.24, 2.45) is 4.99 Å². The summed E-state index contributed by atoms with van der Waals surface area (Å²) in [5.74, 6) is 6.87. The van der Waals surface area contributed by atoms with Crippen LogP contribution in [0.5, 0.6) is 0 Å². The molecule has 0 saturated carbocycles. The van der Waals surface area contributed by atoms with Crippen LogP contribution in [0.1, 0.15) is 33.1 Å². The third-order valence-corrected chi connectivity index (χ3v) is 2.87. The summed E-state index contributed by atoms with van der Waals surface area (Å²) in [6.45, 7) is 7.43. The molecule has 0 aliphatic carbocycles. The Hall–Kier alpha value is -2.47. The van der Waals surface area contributed by atoms with Crippen LogP contribution in [0.25, 0.3) is 0 Å². The minimum absolute atomic E-state index is 0.0340. The van der Waals surface area contributed by atoms with E-state index in [0.29, 0.717) is 31.0 Å². The van der Waals surface area contributed by atoms with E-state index in [-0.39, 0.29) is 12.1 Å². The van der Waals surface area contributed by atoms with E-state index in [1.807, 2.05) is 14.1 Å². The van der Waals surface area contributed by atoms with Gasteiger partial charge < -0.3 is 15.5 Å². The first kappa shape index (κ1) is 20.5. The van der Waals surface area contributed by atoms with Crippen molar-refractivity contribution >= 4 is 5.96 Å². The molecule has 0 saturated heterocycles. The van der Waals surface area contributed by atoms with E-state index >= 15 is 0 Å². The molecule has 0 heterocycles. The molecule has 23 heavy (non-hydrogen) atoms. The van der Waals surface area contributed by atoms with Crippen LogP contribution in [0, 0.1) is 23.2 Å². The van der Waals surface area contributed by atoms with E-state index in [4.69, 9.17) is 5.26 Å². The number of hydrogen-bond acceptors (Lipinski definition) is 3. The van der Waals surface area contributed by atoms with Crippen molar-refractivity contribution in [3.8, 4) is 17.9 Å². The topological polar surface area (TPSA) is 63.5 Å². The Morgan fingerprint density at radius 1 is 1.43 bits per heavy atom. The second kappa shape index (κ2) is 12.1. The van der Waals surface area contributed by atoms with Crippen molar-refractivity contribution in [2.45, 2.75) is 45.2 Å². The molecule has 126 valence electrons. The normalized spacial score (nSPS) is 13.5. The molecule has 0 aromatic heterocycles. The van der Waals surface area contributed by atoms with Gasteiger partial charge in [0.1, 0.15) is 11.9 Å². The lowest BCUT2D eigenvalue weighted by atomic mass is 10.1. The highest BCUT2D eigenvalue weighted by molar-refractivity contribution is 5.80. The van der Waals surface area contributed by atoms with Gasteiger partial charge in [-0.3, -0.25) is 0 Å². The number of rotatable bonds is 8. The van der Waals surface area contributed by atoms with Crippen LogP contribution < -0.4 is 10.6 Å². The molecule has 0 aliphatic heterocycles. The fraction of sp³-hybridized carbons (Fsp3) is 0.529. The Balaban J connectivity index is 4.87. The predicted octanol–water partition coefficient (Wildman–Crippen LogP) is 2.51. The van der Waals surface area contributed by atoms with Gasteiger partial charge in [-0.25, -0.2) is 4.39 Å². The molecule has 0 aromatic rings. The Morgan fingerprint density at radius 2 is 2.13 bits per heavy atom. The number of halogens is 1. The zero-order chi connectivity index (χ0) is 17.7. The minimum atomic E-state index is -0.361. The summed E-state index contributed by atoms with van der Waals surface area (Å²) >= 11 is 0. The first-order valence-corrected chi connectivity index (χ1v) is 7.47. The molecular formula is C17H26FN5. The Kier molecular flexibility index (Phi) is 10.8. The molecular weight excluding hydrogens is 293 g/mol. The summed E-state index contributed by atoms with van der Waals surface area (Å²) in [5, 5.41) is 15.1. The van der Waals surface area contributed by atoms with Gasteiger partial charge in [-0.1, -0.05) is 12.7 Å². The average molecular weight is 319 g/mol. The van der Waals surface area contributed by atoms with Gasteiger partial charge in [0.15, 0.2) is 0 Å². The van der Waals surface area contributed by atoms with Crippen molar-refractivity contribution in [3.63, 3.8) is 0 Å². The summed E-state index contributed by atoms with van der Waals surface area (Å²) in [7, 11) is 3.66. The number of aliphatic imine (C=N–C) groups is 1. The van der Waals surface area contributed by atoms with Crippen LogP contribution in [-0.2, 0) is 0 Å². The van der Waals surface area contributed by atoms with Crippen LogP contribution in [-0.4, -0.2) is 37.0 Å². The quantitative estimate of drug-likeness (QED) is 0.410. The number of nitrogens with zero attached hydrogens (tertiary/aromatic N) is 3. The molecule has 5 nitrogen and oxygen atoms in total. The summed E-state index contributed by atoms with van der Waals surface area (Å²) in [6.07, 6.45) is 3.99. The van der Waals surface area contributed by atoms with Crippen LogP contribution in [0.15, 0.2) is 29.8 Å². The van der Waals surface area contributed by atoms with E-state index in [0.717, 1.165) is 6.42 Å². The highest BCUT2D eigenvalue weighted by Gasteiger charge is 2.10. The number of hydrogen-bond donors (Lipinski definition) is 2. The third-order valence-electron chi connectivity index (χ3n) is 2.87. The lowest BCUT2D eigenvalue weighted by molar-refractivity contribution is 0.530. The number of nitrogens with one attached hydrogen (secondary N) is 2. The summed E-state index contributed by atoms with van der Waals surface area (Å²) in [5.41, 5.74) is 0. The van der Waals surface area contributed by atoms with E-state index < -0.39 is 0 Å². The molecule has 0 aromatic carbocycles. The molecule has 2 N–H and O–H groups in total. The summed E-state index contributed by atoms with van der Waals surface area (Å²) < 4.78 is 12.1. The highest BCUT2D eigenvalue weighted by Crippen LogP contribution is 2.06. The van der Waals surface area contributed by atoms with Gasteiger partial charge >= 0.3 is 0 Å². The lowest BCUT2D eigenvalue weighted by Gasteiger charge is -2.21. The van der Waals surface area contributed by atoms with Gasteiger partial charge in [0.25, 0.3) is 0 Å². The van der Waals surface area contributed by atoms with E-state index in [9.17, 15) is 4.39 Å². The number of guanidine groups is 1. The van der Waals surface area contributed by atoms with Crippen LogP contribution in [0.2, 0.25) is 0 Å². The fourth-order valence-corrected chi connectivity index (χ4v) is 1.69. The molecule has 2 atom stereocenters. The molecule has 0 spiro atoms. The van der Waals surface area contributed by atoms with Gasteiger partial charge in [-0.2, -0.15) is 10.3 Å². The Morgan fingerprint density at radius 3 is 2.65 bits per heavy atom. The summed E-state index contributed by atoms with van der Waals surface area (Å²) in [6, 6.07) is 1.77. The molecule has 1 unspecified atom stereocenters. The van der Waals surface area contributed by atoms with Crippen molar-refractivity contribution in [3.05, 3.63) is 24.8 Å². The maximum absolute atomic E-state index is 12.1. The lowest BCUT2D eigenvalue weighted by Crippen LogP contribution is -2.41. The van der Waals surface area contributed by atoms with Gasteiger partial charge in [0.2, 0.25) is 5.96 Å². The monoisotopic (exact) mass is 319 g/mol. The fourth-order valence-electron chi connectivity index (χ4n) is 1.69. The van der Waals surface area contributed by atoms with Gasteiger partial charge in [0.05, 0.1) is 12.4 Å². The molecule has 0 rings (SSSR count). The smallest absolute Gasteiger partial charge is 0.201 e. The second-order valence-electron chi connectivity index (χ2n) is 5.18. The van der Waals surface area contributed by atoms with Crippen LogP contribution in [0.3, 0.4) is 0 Å². The molecule has 0 amide bonds. The second-order valence-corrected chi connectivity index (χ2v) is 5.18. The minimum Gasteiger partial charge on any atom is -0.367 e. The first-order valence-electron chi connectivity index (χ1n) is 7.47. The van der Waals surface area contributed by atoms with Crippen LogP contribution in [0.4, 0.5) is 4.39 Å². The average Bonchev–Trinajstić information content (AvgIpc) is 2.51. The standard InChI is InChI=1S/C17H26FN5/c1-6-7-10-16(11-8-9-12-18)21-15(3)22-17(23(4)5)20-14(2)13-19/h9,12,14,16,21H,3,8,10-11H2,1-2,4-5H3,(H,20,22)/b12-9+/t14?,16-/m1/s1. The zero-order valence-corrected chi connectivity index (χ0v) is 14.4. The van der Waals surface area contributed by atoms with E-state index in [1.54, 1.807) is 18.7 Å². The van der Waals surface area contributed by atoms with E-state index in [1.165, 1.54) is 6.08 Å². The van der Waals surface area contributed by atoms with Crippen molar-refractivity contribution in [1.29, 1.82) is 5.26 Å². The molecule has 0 aliphatic rings. The molecule has 6 heteroatoms. The maximum atomic E-state index is 12.1. The number of allylic oxidation sites excluding steroid dienone is 1. The molecule has 0 fully saturated rings. The van der Waals surface area contributed by atoms with Gasteiger partial charge in [0, 0.05) is 26.6 Å². The van der Waals surface area contributed by atoms with Gasteiger partial charge in [-0.05, 0) is 26.7 Å². The third kappa shape index (κ3) is 9.97. The van der Waals surface area contributed by atoms with Gasteiger partial charge in [-0.15, -0.1) is 11.8 Å². The first-order chi connectivity index (χ1) is 10.9. The summed E-state index contributed by atoms with van der Waals surface area (Å²) in [4.78, 5) is 6.15. The number of nitriles is 1. The van der Waals surface area contributed by atoms with Crippen molar-refractivity contribution in [2.75, 3.05) is 14.1 Å². The largest absolute Gasteiger partial charge is 0.367 e. The van der Waals surface area contributed by atoms with Crippen molar-refractivity contribution in [1.82, 2.24) is 15.5 Å². The molecule has 0 radical (unpaired) electrons. The predicted molar refractivity (Wildman–Crippen MR) is 92.9 cm³/mol. The van der Waals surface area contributed by atoms with E-state index in [2.05, 4.69) is 40.1 Å². The van der Waals surface area contributed by atoms with Crippen molar-refractivity contribution < 1.29 is 4.39 Å². The Labute approximate surface area is 139 Å². The SMILES string of the molecule is C=C(/N=C(\NC(C)C#N)N(C)C)N[C@H](CC#CC)CC/C=C/F. The Bertz CT molecular complexity index is 519.